The molecule has 0 atom stereocenters. The number of aromatic amines is 1. The summed E-state index contributed by atoms with van der Waals surface area (Å²) in [5.74, 6) is -0.0307. The normalized spacial score (nSPS) is 15.5. The minimum atomic E-state index is -0.0307. The molecule has 174 valence electrons. The molecular weight excluding hydrogens is 408 g/mol. The van der Waals surface area contributed by atoms with Gasteiger partial charge in [0.2, 0.25) is 0 Å². The minimum absolute atomic E-state index is 0.0307. The highest BCUT2D eigenvalue weighted by Gasteiger charge is 2.19. The van der Waals surface area contributed by atoms with Crippen LogP contribution >= 0.6 is 0 Å². The van der Waals surface area contributed by atoms with Crippen molar-refractivity contribution < 1.29 is 4.79 Å². The third-order valence-corrected chi connectivity index (χ3v) is 6.50. The van der Waals surface area contributed by atoms with Crippen LogP contribution in [0.25, 0.3) is 22.5 Å². The van der Waals surface area contributed by atoms with E-state index in [9.17, 15) is 4.79 Å². The van der Waals surface area contributed by atoms with Crippen molar-refractivity contribution in [3.8, 4) is 22.5 Å². The van der Waals surface area contributed by atoms with Crippen molar-refractivity contribution in [3.63, 3.8) is 0 Å². The van der Waals surface area contributed by atoms with Crippen molar-refractivity contribution in [2.45, 2.75) is 26.2 Å². The van der Waals surface area contributed by atoms with Crippen molar-refractivity contribution in [3.05, 3.63) is 71.8 Å². The number of amides is 1. The quantitative estimate of drug-likeness (QED) is 0.583. The van der Waals surface area contributed by atoms with Crippen molar-refractivity contribution in [2.75, 3.05) is 46.3 Å². The third kappa shape index (κ3) is 5.73. The smallest absolute Gasteiger partial charge is 0.253 e. The standard InChI is InChI=1S/C28H36N4O/c1-28(2,3)23-12-10-21(11-13-23)25-20-24(26(30-25)22-8-6-5-7-9-22)27(33)29-14-15-32-18-16-31(4)17-19-32/h5-13,20,30H,14-19H2,1-4H3,(H,29,33). The highest BCUT2D eigenvalue weighted by Crippen LogP contribution is 2.31. The first kappa shape index (κ1) is 23.3. The number of rotatable bonds is 6. The topological polar surface area (TPSA) is 51.4 Å². The number of nitrogens with zero attached hydrogens (tertiary/aromatic N) is 2. The molecule has 0 radical (unpaired) electrons. The number of likely N-dealkylation sites (N-methyl/N-ethyl adjacent to an activating group) is 1. The molecule has 2 aromatic carbocycles. The number of carbonyl (C=O) groups is 1. The first-order chi connectivity index (χ1) is 15.8. The monoisotopic (exact) mass is 444 g/mol. The van der Waals surface area contributed by atoms with Crippen LogP contribution in [0.3, 0.4) is 0 Å². The fourth-order valence-corrected chi connectivity index (χ4v) is 4.27. The third-order valence-electron chi connectivity index (χ3n) is 6.50. The average Bonchev–Trinajstić information content (AvgIpc) is 3.26. The van der Waals surface area contributed by atoms with E-state index in [0.29, 0.717) is 12.1 Å². The molecule has 0 unspecified atom stereocenters. The maximum Gasteiger partial charge on any atom is 0.253 e. The molecule has 1 aliphatic heterocycles. The number of aromatic nitrogens is 1. The van der Waals surface area contributed by atoms with Gasteiger partial charge in [-0.15, -0.1) is 0 Å². The second-order valence-corrected chi connectivity index (χ2v) is 10.1. The number of hydrogen-bond acceptors (Lipinski definition) is 3. The number of carbonyl (C=O) groups excluding carboxylic acids is 1. The predicted molar refractivity (Wildman–Crippen MR) is 137 cm³/mol. The largest absolute Gasteiger partial charge is 0.354 e. The molecule has 33 heavy (non-hydrogen) atoms. The van der Waals surface area contributed by atoms with Gasteiger partial charge in [0.1, 0.15) is 0 Å². The molecular formula is C28H36N4O. The molecule has 1 amide bonds. The maximum absolute atomic E-state index is 13.2. The van der Waals surface area contributed by atoms with Gasteiger partial charge >= 0.3 is 0 Å². The summed E-state index contributed by atoms with van der Waals surface area (Å²) < 4.78 is 0. The Morgan fingerprint density at radius 3 is 2.24 bits per heavy atom. The van der Waals surface area contributed by atoms with E-state index in [1.165, 1.54) is 5.56 Å². The second kappa shape index (κ2) is 9.94. The van der Waals surface area contributed by atoms with Gasteiger partial charge in [0, 0.05) is 45.0 Å². The molecule has 0 bridgehead atoms. The van der Waals surface area contributed by atoms with Gasteiger partial charge in [-0.2, -0.15) is 0 Å². The Morgan fingerprint density at radius 1 is 0.939 bits per heavy atom. The molecule has 3 aromatic rings. The van der Waals surface area contributed by atoms with E-state index in [-0.39, 0.29) is 11.3 Å². The molecule has 2 heterocycles. The van der Waals surface area contributed by atoms with Gasteiger partial charge in [0.05, 0.1) is 11.3 Å². The van der Waals surface area contributed by atoms with Crippen molar-refractivity contribution in [1.82, 2.24) is 20.1 Å². The number of H-pyrrole nitrogens is 1. The van der Waals surface area contributed by atoms with Gasteiger partial charge in [-0.25, -0.2) is 0 Å². The first-order valence-electron chi connectivity index (χ1n) is 11.9. The van der Waals surface area contributed by atoms with E-state index in [0.717, 1.165) is 55.2 Å². The summed E-state index contributed by atoms with van der Waals surface area (Å²) in [6.07, 6.45) is 0. The summed E-state index contributed by atoms with van der Waals surface area (Å²) in [6.45, 7) is 12.5. The number of piperazine rings is 1. The SMILES string of the molecule is CN1CCN(CCNC(=O)c2cc(-c3ccc(C(C)(C)C)cc3)[nH]c2-c2ccccc2)CC1. The van der Waals surface area contributed by atoms with E-state index >= 15 is 0 Å². The van der Waals surface area contributed by atoms with Crippen molar-refractivity contribution in [2.24, 2.45) is 0 Å². The second-order valence-electron chi connectivity index (χ2n) is 10.1. The summed E-state index contributed by atoms with van der Waals surface area (Å²) in [6, 6.07) is 20.7. The zero-order valence-corrected chi connectivity index (χ0v) is 20.3. The van der Waals surface area contributed by atoms with Gasteiger partial charge in [0.25, 0.3) is 5.91 Å². The summed E-state index contributed by atoms with van der Waals surface area (Å²) >= 11 is 0. The van der Waals surface area contributed by atoms with Crippen LogP contribution in [0.5, 0.6) is 0 Å². The summed E-state index contributed by atoms with van der Waals surface area (Å²) in [5.41, 5.74) is 6.01. The van der Waals surface area contributed by atoms with Gasteiger partial charge in [-0.3, -0.25) is 9.69 Å². The number of hydrogen-bond donors (Lipinski definition) is 2. The van der Waals surface area contributed by atoms with E-state index in [1.54, 1.807) is 0 Å². The molecule has 0 saturated carbocycles. The van der Waals surface area contributed by atoms with E-state index in [1.807, 2.05) is 36.4 Å². The van der Waals surface area contributed by atoms with Crippen LogP contribution in [0.1, 0.15) is 36.7 Å². The molecule has 1 fully saturated rings. The van der Waals surface area contributed by atoms with Crippen LogP contribution in [-0.2, 0) is 5.41 Å². The average molecular weight is 445 g/mol. The molecule has 4 rings (SSSR count). The summed E-state index contributed by atoms with van der Waals surface area (Å²) in [7, 11) is 2.16. The Morgan fingerprint density at radius 2 is 1.61 bits per heavy atom. The molecule has 5 nitrogen and oxygen atoms in total. The first-order valence-corrected chi connectivity index (χ1v) is 11.9. The lowest BCUT2D eigenvalue weighted by Crippen LogP contribution is -2.46. The van der Waals surface area contributed by atoms with Gasteiger partial charge in [-0.1, -0.05) is 75.4 Å². The van der Waals surface area contributed by atoms with Crippen molar-refractivity contribution >= 4 is 5.91 Å². The fraction of sp³-hybridized carbons (Fsp3) is 0.393. The highest BCUT2D eigenvalue weighted by molar-refractivity contribution is 6.01. The van der Waals surface area contributed by atoms with Crippen molar-refractivity contribution in [1.29, 1.82) is 0 Å². The Hall–Kier alpha value is -2.89. The Bertz CT molecular complexity index is 1060. The maximum atomic E-state index is 13.2. The molecule has 1 aliphatic rings. The van der Waals surface area contributed by atoms with Crippen LogP contribution in [0, 0.1) is 0 Å². The molecule has 1 saturated heterocycles. The van der Waals surface area contributed by atoms with Gasteiger partial charge in [-0.05, 0) is 35.2 Å². The Balaban J connectivity index is 1.53. The Kier molecular flexibility index (Phi) is 7.01. The van der Waals surface area contributed by atoms with Crippen LogP contribution < -0.4 is 5.32 Å². The summed E-state index contributed by atoms with van der Waals surface area (Å²) in [5, 5.41) is 3.15. The molecule has 5 heteroatoms. The highest BCUT2D eigenvalue weighted by atomic mass is 16.1. The Labute approximate surface area is 197 Å². The summed E-state index contributed by atoms with van der Waals surface area (Å²) in [4.78, 5) is 21.5. The minimum Gasteiger partial charge on any atom is -0.354 e. The van der Waals surface area contributed by atoms with Gasteiger partial charge in [0.15, 0.2) is 0 Å². The predicted octanol–water partition coefficient (Wildman–Crippen LogP) is 4.62. The molecule has 0 aliphatic carbocycles. The zero-order valence-electron chi connectivity index (χ0n) is 20.3. The van der Waals surface area contributed by atoms with Gasteiger partial charge < -0.3 is 15.2 Å². The molecule has 2 N–H and O–H groups in total. The van der Waals surface area contributed by atoms with Crippen LogP contribution in [0.2, 0.25) is 0 Å². The van der Waals surface area contributed by atoms with E-state index in [4.69, 9.17) is 0 Å². The lowest BCUT2D eigenvalue weighted by Gasteiger charge is -2.32. The lowest BCUT2D eigenvalue weighted by atomic mass is 9.86. The molecule has 1 aromatic heterocycles. The lowest BCUT2D eigenvalue weighted by molar-refractivity contribution is 0.0942. The molecule has 0 spiro atoms. The van der Waals surface area contributed by atoms with Crippen LogP contribution in [-0.4, -0.2) is 67.0 Å². The van der Waals surface area contributed by atoms with E-state index < -0.39 is 0 Å². The zero-order chi connectivity index (χ0) is 23.4. The van der Waals surface area contributed by atoms with Crippen LogP contribution in [0.4, 0.5) is 0 Å². The fourth-order valence-electron chi connectivity index (χ4n) is 4.27. The van der Waals surface area contributed by atoms with E-state index in [2.05, 4.69) is 72.2 Å². The number of nitrogens with one attached hydrogen (secondary N) is 2. The number of benzene rings is 2. The van der Waals surface area contributed by atoms with Crippen LogP contribution in [0.15, 0.2) is 60.7 Å².